The van der Waals surface area contributed by atoms with Crippen molar-refractivity contribution in [1.82, 2.24) is 0 Å². The third kappa shape index (κ3) is 1.79. The molecule has 0 bridgehead atoms. The normalized spacial score (nSPS) is 10.3. The van der Waals surface area contributed by atoms with Crippen LogP contribution in [0.3, 0.4) is 0 Å². The van der Waals surface area contributed by atoms with E-state index in [1.165, 1.54) is 26.4 Å². The smallest absolute Gasteiger partial charge is 0.335 e. The Morgan fingerprint density at radius 2 is 1.78 bits per heavy atom. The van der Waals surface area contributed by atoms with E-state index in [2.05, 4.69) is 0 Å². The van der Waals surface area contributed by atoms with E-state index < -0.39 is 5.97 Å². The summed E-state index contributed by atoms with van der Waals surface area (Å²) in [5.41, 5.74) is 0.101. The lowest BCUT2D eigenvalue weighted by Crippen LogP contribution is -1.98. The number of methoxy groups -OCH3 is 2. The molecule has 0 aliphatic heterocycles. The summed E-state index contributed by atoms with van der Waals surface area (Å²) in [6.45, 7) is 0. The van der Waals surface area contributed by atoms with E-state index in [4.69, 9.17) is 14.6 Å². The van der Waals surface area contributed by atoms with Crippen LogP contribution in [0.25, 0.3) is 10.8 Å². The van der Waals surface area contributed by atoms with E-state index in [-0.39, 0.29) is 11.3 Å². The number of fused-ring (bicyclic) bond motifs is 1. The second-order valence-corrected chi connectivity index (χ2v) is 3.70. The molecule has 0 aromatic heterocycles. The Morgan fingerprint density at radius 1 is 1.11 bits per heavy atom. The number of rotatable bonds is 3. The Labute approximate surface area is 103 Å². The summed E-state index contributed by atoms with van der Waals surface area (Å²) in [6.07, 6.45) is 0. The molecule has 0 radical (unpaired) electrons. The highest BCUT2D eigenvalue weighted by molar-refractivity contribution is 6.01. The summed E-state index contributed by atoms with van der Waals surface area (Å²) < 4.78 is 10.1. The second kappa shape index (κ2) is 4.44. The molecule has 5 heteroatoms. The molecule has 0 atom stereocenters. The molecule has 2 aromatic carbocycles. The van der Waals surface area contributed by atoms with Crippen LogP contribution in [0.5, 0.6) is 17.2 Å². The van der Waals surface area contributed by atoms with Gasteiger partial charge >= 0.3 is 5.97 Å². The van der Waals surface area contributed by atoms with Crippen LogP contribution in [0.2, 0.25) is 0 Å². The van der Waals surface area contributed by atoms with Gasteiger partial charge in [-0.15, -0.1) is 0 Å². The minimum absolute atomic E-state index is 0.0659. The summed E-state index contributed by atoms with van der Waals surface area (Å²) in [4.78, 5) is 11.0. The zero-order chi connectivity index (χ0) is 13.3. The number of aromatic hydroxyl groups is 1. The predicted octanol–water partition coefficient (Wildman–Crippen LogP) is 2.26. The fraction of sp³-hybridized carbons (Fsp3) is 0.154. The third-order valence-electron chi connectivity index (χ3n) is 2.70. The van der Waals surface area contributed by atoms with Crippen molar-refractivity contribution in [3.05, 3.63) is 29.8 Å². The number of hydrogen-bond donors (Lipinski definition) is 2. The molecule has 0 unspecified atom stereocenters. The molecule has 94 valence electrons. The van der Waals surface area contributed by atoms with Gasteiger partial charge in [0.05, 0.1) is 25.2 Å². The van der Waals surface area contributed by atoms with Crippen LogP contribution in [0.1, 0.15) is 10.4 Å². The number of ether oxygens (including phenoxy) is 2. The van der Waals surface area contributed by atoms with E-state index >= 15 is 0 Å². The van der Waals surface area contributed by atoms with Crippen molar-refractivity contribution in [1.29, 1.82) is 0 Å². The summed E-state index contributed by atoms with van der Waals surface area (Å²) in [7, 11) is 2.86. The first-order valence-corrected chi connectivity index (χ1v) is 5.19. The van der Waals surface area contributed by atoms with E-state index in [0.29, 0.717) is 22.3 Å². The van der Waals surface area contributed by atoms with Gasteiger partial charge in [-0.05, 0) is 23.6 Å². The first-order chi connectivity index (χ1) is 8.58. The second-order valence-electron chi connectivity index (χ2n) is 3.70. The Balaban J connectivity index is 2.83. The first kappa shape index (κ1) is 12.0. The summed E-state index contributed by atoms with van der Waals surface area (Å²) in [6, 6.07) is 6.08. The summed E-state index contributed by atoms with van der Waals surface area (Å²) in [5.74, 6) is -0.514. The molecule has 5 nitrogen and oxygen atoms in total. The minimum Gasteiger partial charge on any atom is -0.504 e. The maximum Gasteiger partial charge on any atom is 0.335 e. The van der Waals surface area contributed by atoms with Crippen molar-refractivity contribution in [2.75, 3.05) is 14.2 Å². The number of carbonyl (C=O) groups is 1. The highest BCUT2D eigenvalue weighted by Gasteiger charge is 2.15. The van der Waals surface area contributed by atoms with Gasteiger partial charge in [-0.25, -0.2) is 4.79 Å². The lowest BCUT2D eigenvalue weighted by atomic mass is 10.0. The van der Waals surface area contributed by atoms with Gasteiger partial charge in [-0.3, -0.25) is 0 Å². The molecular weight excluding hydrogens is 236 g/mol. The topological polar surface area (TPSA) is 76.0 Å². The van der Waals surface area contributed by atoms with Crippen LogP contribution in [-0.4, -0.2) is 30.4 Å². The zero-order valence-corrected chi connectivity index (χ0v) is 9.93. The van der Waals surface area contributed by atoms with Gasteiger partial charge in [-0.2, -0.15) is 0 Å². The first-order valence-electron chi connectivity index (χ1n) is 5.19. The molecule has 2 aromatic rings. The Kier molecular flexibility index (Phi) is 2.97. The van der Waals surface area contributed by atoms with Crippen molar-refractivity contribution in [2.45, 2.75) is 0 Å². The van der Waals surface area contributed by atoms with Gasteiger partial charge in [0, 0.05) is 0 Å². The largest absolute Gasteiger partial charge is 0.504 e. The lowest BCUT2D eigenvalue weighted by molar-refractivity contribution is 0.0696. The number of aromatic carboxylic acids is 1. The molecule has 0 fully saturated rings. The third-order valence-corrected chi connectivity index (χ3v) is 2.70. The van der Waals surface area contributed by atoms with E-state index in [1.807, 2.05) is 0 Å². The lowest BCUT2D eigenvalue weighted by Gasteiger charge is -2.11. The van der Waals surface area contributed by atoms with Crippen molar-refractivity contribution in [2.24, 2.45) is 0 Å². The predicted molar refractivity (Wildman–Crippen MR) is 65.7 cm³/mol. The van der Waals surface area contributed by atoms with Crippen LogP contribution in [0.4, 0.5) is 0 Å². The zero-order valence-electron chi connectivity index (χ0n) is 9.93. The van der Waals surface area contributed by atoms with Crippen molar-refractivity contribution in [3.63, 3.8) is 0 Å². The van der Waals surface area contributed by atoms with Crippen molar-refractivity contribution >= 4 is 16.7 Å². The number of carboxylic acids is 1. The van der Waals surface area contributed by atoms with Crippen LogP contribution < -0.4 is 9.47 Å². The summed E-state index contributed by atoms with van der Waals surface area (Å²) >= 11 is 0. The highest BCUT2D eigenvalue weighted by atomic mass is 16.5. The quantitative estimate of drug-likeness (QED) is 0.871. The number of phenols is 1. The molecule has 18 heavy (non-hydrogen) atoms. The molecule has 0 aliphatic carbocycles. The van der Waals surface area contributed by atoms with E-state index in [1.54, 1.807) is 12.1 Å². The fourth-order valence-electron chi connectivity index (χ4n) is 1.84. The van der Waals surface area contributed by atoms with Gasteiger partial charge in [0.1, 0.15) is 5.75 Å². The minimum atomic E-state index is -1.05. The maximum atomic E-state index is 11.0. The molecule has 0 saturated carbocycles. The summed E-state index contributed by atoms with van der Waals surface area (Å²) in [5, 5.41) is 20.0. The number of phenolic OH excluding ortho intramolecular Hbond substituents is 1. The maximum absolute atomic E-state index is 11.0. The molecular formula is C13H12O5. The van der Waals surface area contributed by atoms with E-state index in [0.717, 1.165) is 0 Å². The van der Waals surface area contributed by atoms with E-state index in [9.17, 15) is 9.90 Å². The fourth-order valence-corrected chi connectivity index (χ4v) is 1.84. The van der Waals surface area contributed by atoms with Gasteiger partial charge in [-0.1, -0.05) is 6.07 Å². The molecule has 0 heterocycles. The van der Waals surface area contributed by atoms with Gasteiger partial charge in [0.15, 0.2) is 11.5 Å². The SMILES string of the molecule is COc1ccc2cc(C(=O)O)cc(OC)c2c1O. The molecule has 0 aliphatic rings. The Bertz CT molecular complexity index is 618. The molecule has 0 spiro atoms. The molecule has 0 saturated heterocycles. The van der Waals surface area contributed by atoms with Crippen LogP contribution in [0, 0.1) is 0 Å². The van der Waals surface area contributed by atoms with Gasteiger partial charge < -0.3 is 19.7 Å². The average Bonchev–Trinajstić information content (AvgIpc) is 2.37. The van der Waals surface area contributed by atoms with Crippen molar-refractivity contribution in [3.8, 4) is 17.2 Å². The number of hydrogen-bond acceptors (Lipinski definition) is 4. The van der Waals surface area contributed by atoms with Gasteiger partial charge in [0.25, 0.3) is 0 Å². The van der Waals surface area contributed by atoms with Crippen LogP contribution in [0.15, 0.2) is 24.3 Å². The molecule has 2 N–H and O–H groups in total. The standard InChI is InChI=1S/C13H12O5/c1-17-9-4-3-7-5-8(13(15)16)6-10(18-2)11(7)12(9)14/h3-6,14H,1-2H3,(H,15,16). The van der Waals surface area contributed by atoms with Crippen LogP contribution >= 0.6 is 0 Å². The monoisotopic (exact) mass is 248 g/mol. The van der Waals surface area contributed by atoms with Crippen molar-refractivity contribution < 1.29 is 24.5 Å². The Hall–Kier alpha value is -2.43. The molecule has 0 amide bonds. The number of benzene rings is 2. The van der Waals surface area contributed by atoms with Gasteiger partial charge in [0.2, 0.25) is 0 Å². The highest BCUT2D eigenvalue weighted by Crippen LogP contribution is 2.40. The Morgan fingerprint density at radius 3 is 2.33 bits per heavy atom. The number of carboxylic acid groups (broad SMARTS) is 1. The molecule has 2 rings (SSSR count). The average molecular weight is 248 g/mol. The van der Waals surface area contributed by atoms with Crippen LogP contribution in [-0.2, 0) is 0 Å².